The minimum absolute atomic E-state index is 0.0669. The van der Waals surface area contributed by atoms with E-state index in [0.717, 1.165) is 11.8 Å². The summed E-state index contributed by atoms with van der Waals surface area (Å²) < 4.78 is 5.49. The maximum Gasteiger partial charge on any atom is 0.289 e. The summed E-state index contributed by atoms with van der Waals surface area (Å²) >= 11 is 0.992. The molecule has 0 unspecified atom stereocenters. The number of nitrogens with zero attached hydrogens (tertiary/aromatic N) is 1. The summed E-state index contributed by atoms with van der Waals surface area (Å²) in [6.07, 6.45) is 0. The molecule has 2 rings (SSSR count). The van der Waals surface area contributed by atoms with Gasteiger partial charge in [0.1, 0.15) is 5.75 Å². The van der Waals surface area contributed by atoms with E-state index in [-0.39, 0.29) is 29.2 Å². The third-order valence-electron chi connectivity index (χ3n) is 2.94. The van der Waals surface area contributed by atoms with Gasteiger partial charge in [-0.05, 0) is 32.0 Å². The number of hydrogen-bond acceptors (Lipinski definition) is 5. The quantitative estimate of drug-likeness (QED) is 0.780. The van der Waals surface area contributed by atoms with Crippen molar-refractivity contribution in [3.05, 3.63) is 29.3 Å². The van der Waals surface area contributed by atoms with E-state index < -0.39 is 0 Å². The molecule has 106 valence electrons. The topological polar surface area (TPSA) is 63.7 Å². The summed E-state index contributed by atoms with van der Waals surface area (Å²) in [4.78, 5) is 35.9. The number of imide groups is 1. The predicted octanol–water partition coefficient (Wildman–Crippen LogP) is 2.48. The van der Waals surface area contributed by atoms with Crippen molar-refractivity contribution in [3.8, 4) is 5.75 Å². The minimum Gasteiger partial charge on any atom is -0.494 e. The second-order valence-electron chi connectivity index (χ2n) is 4.35. The molecule has 0 aliphatic carbocycles. The Morgan fingerprint density at radius 2 is 2.15 bits per heavy atom. The van der Waals surface area contributed by atoms with Crippen LogP contribution in [-0.2, 0) is 11.3 Å². The highest BCUT2D eigenvalue weighted by Crippen LogP contribution is 2.27. The molecule has 0 spiro atoms. The van der Waals surface area contributed by atoms with Crippen molar-refractivity contribution in [2.45, 2.75) is 20.4 Å². The van der Waals surface area contributed by atoms with E-state index in [9.17, 15) is 14.4 Å². The summed E-state index contributed by atoms with van der Waals surface area (Å²) in [5, 5.41) is -0.259. The summed E-state index contributed by atoms with van der Waals surface area (Å²) in [6, 6.07) is 5.06. The van der Waals surface area contributed by atoms with E-state index in [2.05, 4.69) is 0 Å². The predicted molar refractivity (Wildman–Crippen MR) is 76.0 cm³/mol. The zero-order valence-corrected chi connectivity index (χ0v) is 12.2. The van der Waals surface area contributed by atoms with Crippen LogP contribution < -0.4 is 4.74 Å². The molecular weight excluding hydrogens is 278 g/mol. The third-order valence-corrected chi connectivity index (χ3v) is 3.79. The fourth-order valence-corrected chi connectivity index (χ4v) is 2.65. The van der Waals surface area contributed by atoms with E-state index in [1.165, 1.54) is 11.8 Å². The van der Waals surface area contributed by atoms with Crippen LogP contribution in [-0.4, -0.2) is 34.2 Å². The fraction of sp³-hybridized carbons (Fsp3) is 0.357. The first-order valence-corrected chi connectivity index (χ1v) is 7.25. The SMILES string of the molecule is CCOc1ccc(C(C)=O)cc1CN1C(=O)CSC1=O. The van der Waals surface area contributed by atoms with Gasteiger partial charge in [0.15, 0.2) is 5.78 Å². The molecule has 0 atom stereocenters. The monoisotopic (exact) mass is 293 g/mol. The second kappa shape index (κ2) is 6.09. The van der Waals surface area contributed by atoms with Gasteiger partial charge in [0.05, 0.1) is 18.9 Å². The number of ether oxygens (including phenoxy) is 1. The molecule has 6 heteroatoms. The van der Waals surface area contributed by atoms with Gasteiger partial charge in [-0.2, -0.15) is 0 Å². The summed E-state index contributed by atoms with van der Waals surface area (Å²) in [6.45, 7) is 3.94. The molecule has 0 radical (unpaired) electrons. The standard InChI is InChI=1S/C14H15NO4S/c1-3-19-12-5-4-10(9(2)16)6-11(12)7-15-13(17)8-20-14(15)18/h4-6H,3,7-8H2,1-2H3. The van der Waals surface area contributed by atoms with Gasteiger partial charge in [-0.15, -0.1) is 0 Å². The first kappa shape index (κ1) is 14.6. The maximum atomic E-state index is 11.7. The molecule has 1 aromatic rings. The zero-order valence-electron chi connectivity index (χ0n) is 11.3. The lowest BCUT2D eigenvalue weighted by atomic mass is 10.1. The van der Waals surface area contributed by atoms with E-state index in [1.807, 2.05) is 6.92 Å². The number of rotatable bonds is 5. The number of thioether (sulfide) groups is 1. The molecule has 1 heterocycles. The number of ketones is 1. The lowest BCUT2D eigenvalue weighted by Crippen LogP contribution is -2.28. The first-order chi connectivity index (χ1) is 9.52. The molecule has 0 N–H and O–H groups in total. The Labute approximate surface area is 121 Å². The van der Waals surface area contributed by atoms with Gasteiger partial charge in [-0.3, -0.25) is 19.3 Å². The molecule has 1 aliphatic rings. The van der Waals surface area contributed by atoms with Crippen LogP contribution in [0.25, 0.3) is 0 Å². The average molecular weight is 293 g/mol. The van der Waals surface area contributed by atoms with E-state index in [4.69, 9.17) is 4.74 Å². The molecule has 0 bridgehead atoms. The number of carbonyl (C=O) groups excluding carboxylic acids is 3. The van der Waals surface area contributed by atoms with Gasteiger partial charge in [0.25, 0.3) is 5.24 Å². The van der Waals surface area contributed by atoms with Gasteiger partial charge in [-0.25, -0.2) is 0 Å². The van der Waals surface area contributed by atoms with Crippen LogP contribution in [0.15, 0.2) is 18.2 Å². The van der Waals surface area contributed by atoms with Crippen LogP contribution in [0, 0.1) is 0 Å². The van der Waals surface area contributed by atoms with Crippen molar-refractivity contribution >= 4 is 28.7 Å². The number of hydrogen-bond donors (Lipinski definition) is 0. The van der Waals surface area contributed by atoms with E-state index in [1.54, 1.807) is 18.2 Å². The van der Waals surface area contributed by atoms with Gasteiger partial charge in [-0.1, -0.05) is 11.8 Å². The maximum absolute atomic E-state index is 11.7. The zero-order chi connectivity index (χ0) is 14.7. The van der Waals surface area contributed by atoms with Crippen molar-refractivity contribution in [2.75, 3.05) is 12.4 Å². The van der Waals surface area contributed by atoms with Gasteiger partial charge in [0.2, 0.25) is 5.91 Å². The highest BCUT2D eigenvalue weighted by atomic mass is 32.2. The number of carbonyl (C=O) groups is 3. The summed E-state index contributed by atoms with van der Waals surface area (Å²) in [7, 11) is 0. The normalized spacial score (nSPS) is 14.8. The highest BCUT2D eigenvalue weighted by Gasteiger charge is 2.30. The van der Waals surface area contributed by atoms with Gasteiger partial charge < -0.3 is 4.74 Å². The van der Waals surface area contributed by atoms with Crippen LogP contribution in [0.5, 0.6) is 5.75 Å². The van der Waals surface area contributed by atoms with E-state index in [0.29, 0.717) is 23.5 Å². The molecule has 1 saturated heterocycles. The molecule has 1 fully saturated rings. The number of amides is 2. The van der Waals surface area contributed by atoms with Crippen LogP contribution in [0.1, 0.15) is 29.8 Å². The van der Waals surface area contributed by atoms with Crippen molar-refractivity contribution in [2.24, 2.45) is 0 Å². The highest BCUT2D eigenvalue weighted by molar-refractivity contribution is 8.14. The smallest absolute Gasteiger partial charge is 0.289 e. The molecule has 20 heavy (non-hydrogen) atoms. The van der Waals surface area contributed by atoms with Crippen molar-refractivity contribution < 1.29 is 19.1 Å². The molecule has 5 nitrogen and oxygen atoms in total. The molecule has 2 amide bonds. The van der Waals surface area contributed by atoms with Crippen molar-refractivity contribution in [3.63, 3.8) is 0 Å². The minimum atomic E-state index is -0.259. The molecule has 0 saturated carbocycles. The third kappa shape index (κ3) is 3.01. The molecule has 1 aliphatic heterocycles. The fourth-order valence-electron chi connectivity index (χ4n) is 1.92. The van der Waals surface area contributed by atoms with Crippen LogP contribution in [0.3, 0.4) is 0 Å². The summed E-state index contributed by atoms with van der Waals surface area (Å²) in [5.41, 5.74) is 1.21. The largest absolute Gasteiger partial charge is 0.494 e. The van der Waals surface area contributed by atoms with E-state index >= 15 is 0 Å². The molecular formula is C14H15NO4S. The van der Waals surface area contributed by atoms with Gasteiger partial charge >= 0.3 is 0 Å². The Morgan fingerprint density at radius 3 is 2.70 bits per heavy atom. The first-order valence-electron chi connectivity index (χ1n) is 6.26. The van der Waals surface area contributed by atoms with Crippen LogP contribution >= 0.6 is 11.8 Å². The molecule has 1 aromatic carbocycles. The second-order valence-corrected chi connectivity index (χ2v) is 5.27. The number of benzene rings is 1. The van der Waals surface area contributed by atoms with Crippen molar-refractivity contribution in [1.82, 2.24) is 4.90 Å². The Kier molecular flexibility index (Phi) is 4.44. The molecule has 0 aromatic heterocycles. The van der Waals surface area contributed by atoms with Crippen LogP contribution in [0.4, 0.5) is 4.79 Å². The Hall–Kier alpha value is -1.82. The lowest BCUT2D eigenvalue weighted by Gasteiger charge is -2.16. The van der Waals surface area contributed by atoms with Gasteiger partial charge in [0, 0.05) is 11.1 Å². The number of Topliss-reactive ketones (excluding diaryl/α,β-unsaturated/α-hetero) is 1. The Bertz CT molecular complexity index is 554. The average Bonchev–Trinajstić information content (AvgIpc) is 2.72. The lowest BCUT2D eigenvalue weighted by molar-refractivity contribution is -0.125. The van der Waals surface area contributed by atoms with Crippen LogP contribution in [0.2, 0.25) is 0 Å². The Morgan fingerprint density at radius 1 is 1.40 bits per heavy atom. The van der Waals surface area contributed by atoms with Crippen molar-refractivity contribution in [1.29, 1.82) is 0 Å². The summed E-state index contributed by atoms with van der Waals surface area (Å²) in [5.74, 6) is 0.489. The Balaban J connectivity index is 2.32.